The van der Waals surface area contributed by atoms with Crippen LogP contribution in [0.2, 0.25) is 0 Å². The molecule has 30 heavy (non-hydrogen) atoms. The van der Waals surface area contributed by atoms with Crippen LogP contribution in [0, 0.1) is 0 Å². The molecule has 4 aromatic rings. The molecule has 0 aliphatic rings. The van der Waals surface area contributed by atoms with Gasteiger partial charge in [0.1, 0.15) is 12.3 Å². The Morgan fingerprint density at radius 2 is 2.07 bits per heavy atom. The number of hydrogen-bond acceptors (Lipinski definition) is 5. The third-order valence-electron chi connectivity index (χ3n) is 4.32. The molecule has 0 atom stereocenters. The van der Waals surface area contributed by atoms with Crippen LogP contribution < -0.4 is 10.6 Å². The minimum Gasteiger partial charge on any atom is -0.457 e. The van der Waals surface area contributed by atoms with Crippen molar-refractivity contribution in [1.82, 2.24) is 25.4 Å². The van der Waals surface area contributed by atoms with Gasteiger partial charge in [0, 0.05) is 32.0 Å². The lowest BCUT2D eigenvalue weighted by molar-refractivity contribution is 0.524. The summed E-state index contributed by atoms with van der Waals surface area (Å²) in [6.07, 6.45) is 4.73. The van der Waals surface area contributed by atoms with E-state index in [-0.39, 0.29) is 24.0 Å². The maximum Gasteiger partial charge on any atom is 0.191 e. The average Bonchev–Trinajstić information content (AvgIpc) is 3.49. The van der Waals surface area contributed by atoms with Gasteiger partial charge in [-0.25, -0.2) is 9.98 Å². The first-order valence-electron chi connectivity index (χ1n) is 9.76. The number of halogens is 1. The standard InChI is InChI=1S/C21H24N6OS.HI/c1-2-22-21(23-11-5-13-27-14-6-12-25-27)24-15-16-9-10-18(28-16)20-26-17-7-3-4-8-19(17)29-20;/h3-4,6-10,12,14H,2,5,11,13,15H2,1H3,(H2,22,23,24);1H. The van der Waals surface area contributed by atoms with Crippen LogP contribution in [0.5, 0.6) is 0 Å². The van der Waals surface area contributed by atoms with Gasteiger partial charge in [0.05, 0.1) is 10.2 Å². The number of aromatic nitrogens is 3. The number of para-hydroxylation sites is 1. The fourth-order valence-corrected chi connectivity index (χ4v) is 3.86. The molecule has 0 saturated heterocycles. The van der Waals surface area contributed by atoms with Gasteiger partial charge in [-0.3, -0.25) is 4.68 Å². The number of nitrogens with zero attached hydrogens (tertiary/aromatic N) is 4. The molecule has 158 valence electrons. The number of hydrogen-bond donors (Lipinski definition) is 2. The van der Waals surface area contributed by atoms with Gasteiger partial charge in [-0.05, 0) is 43.7 Å². The SMILES string of the molecule is CCNC(=NCc1ccc(-c2nc3ccccc3s2)o1)NCCCn1cccn1.I. The molecular weight excluding hydrogens is 511 g/mol. The average molecular weight is 536 g/mol. The second-order valence-corrected chi connectivity index (χ2v) is 7.53. The van der Waals surface area contributed by atoms with E-state index >= 15 is 0 Å². The Balaban J connectivity index is 0.00000256. The Morgan fingerprint density at radius 1 is 1.17 bits per heavy atom. The van der Waals surface area contributed by atoms with Gasteiger partial charge in [-0.1, -0.05) is 12.1 Å². The zero-order valence-electron chi connectivity index (χ0n) is 16.7. The van der Waals surface area contributed by atoms with Gasteiger partial charge in [-0.2, -0.15) is 5.10 Å². The highest BCUT2D eigenvalue weighted by atomic mass is 127. The molecule has 2 N–H and O–H groups in total. The van der Waals surface area contributed by atoms with Crippen LogP contribution in [0.4, 0.5) is 0 Å². The molecular formula is C21H25IN6OS. The third kappa shape index (κ3) is 5.82. The molecule has 0 fully saturated rings. The van der Waals surface area contributed by atoms with Gasteiger partial charge in [0.25, 0.3) is 0 Å². The first kappa shape index (κ1) is 22.3. The van der Waals surface area contributed by atoms with Crippen molar-refractivity contribution in [1.29, 1.82) is 0 Å². The molecule has 3 aromatic heterocycles. The molecule has 0 bridgehead atoms. The molecule has 7 nitrogen and oxygen atoms in total. The van der Waals surface area contributed by atoms with Crippen molar-refractivity contribution in [3.8, 4) is 10.8 Å². The van der Waals surface area contributed by atoms with Crippen molar-refractivity contribution in [3.63, 3.8) is 0 Å². The molecule has 0 unspecified atom stereocenters. The normalized spacial score (nSPS) is 11.4. The quantitative estimate of drug-likeness (QED) is 0.150. The van der Waals surface area contributed by atoms with Crippen LogP contribution in [-0.4, -0.2) is 33.8 Å². The van der Waals surface area contributed by atoms with E-state index in [4.69, 9.17) is 4.42 Å². The van der Waals surface area contributed by atoms with Crippen molar-refractivity contribution in [2.75, 3.05) is 13.1 Å². The highest BCUT2D eigenvalue weighted by molar-refractivity contribution is 14.0. The van der Waals surface area contributed by atoms with Crippen LogP contribution in [-0.2, 0) is 13.1 Å². The number of guanidine groups is 1. The maximum absolute atomic E-state index is 5.98. The van der Waals surface area contributed by atoms with E-state index in [1.54, 1.807) is 17.5 Å². The van der Waals surface area contributed by atoms with Crippen LogP contribution in [0.25, 0.3) is 21.0 Å². The number of nitrogens with one attached hydrogen (secondary N) is 2. The van der Waals surface area contributed by atoms with Crippen molar-refractivity contribution >= 4 is 51.5 Å². The minimum absolute atomic E-state index is 0. The van der Waals surface area contributed by atoms with E-state index in [1.807, 2.05) is 47.3 Å². The summed E-state index contributed by atoms with van der Waals surface area (Å²) in [6, 6.07) is 14.0. The molecule has 0 radical (unpaired) electrons. The molecule has 0 saturated carbocycles. The fourth-order valence-electron chi connectivity index (χ4n) is 2.93. The summed E-state index contributed by atoms with van der Waals surface area (Å²) in [6.45, 7) is 5.03. The Hall–Kier alpha value is -2.40. The molecule has 0 amide bonds. The van der Waals surface area contributed by atoms with E-state index in [0.717, 1.165) is 58.8 Å². The number of furan rings is 1. The number of rotatable bonds is 8. The molecule has 0 spiro atoms. The lowest BCUT2D eigenvalue weighted by atomic mass is 10.3. The van der Waals surface area contributed by atoms with Crippen LogP contribution >= 0.6 is 35.3 Å². The number of aryl methyl sites for hydroxylation is 1. The topological polar surface area (TPSA) is 80.3 Å². The molecule has 3 heterocycles. The predicted octanol–water partition coefficient (Wildman–Crippen LogP) is 4.52. The Labute approximate surface area is 196 Å². The molecule has 4 rings (SSSR count). The number of thiazole rings is 1. The van der Waals surface area contributed by atoms with Crippen LogP contribution in [0.15, 0.2) is 64.3 Å². The van der Waals surface area contributed by atoms with Gasteiger partial charge < -0.3 is 15.1 Å². The van der Waals surface area contributed by atoms with E-state index in [0.29, 0.717) is 6.54 Å². The largest absolute Gasteiger partial charge is 0.457 e. The smallest absolute Gasteiger partial charge is 0.191 e. The predicted molar refractivity (Wildman–Crippen MR) is 132 cm³/mol. The highest BCUT2D eigenvalue weighted by Gasteiger charge is 2.10. The summed E-state index contributed by atoms with van der Waals surface area (Å²) < 4.78 is 9.06. The van der Waals surface area contributed by atoms with E-state index < -0.39 is 0 Å². The van der Waals surface area contributed by atoms with Crippen LogP contribution in [0.1, 0.15) is 19.1 Å². The first-order valence-corrected chi connectivity index (χ1v) is 10.6. The molecule has 0 aliphatic carbocycles. The molecule has 9 heteroatoms. The summed E-state index contributed by atoms with van der Waals surface area (Å²) in [5.41, 5.74) is 0.997. The van der Waals surface area contributed by atoms with E-state index in [1.165, 1.54) is 0 Å². The summed E-state index contributed by atoms with van der Waals surface area (Å²) in [4.78, 5) is 9.28. The number of benzene rings is 1. The van der Waals surface area contributed by atoms with Crippen molar-refractivity contribution in [2.45, 2.75) is 26.4 Å². The third-order valence-corrected chi connectivity index (χ3v) is 5.37. The summed E-state index contributed by atoms with van der Waals surface area (Å²) in [5, 5.41) is 11.7. The van der Waals surface area contributed by atoms with Crippen molar-refractivity contribution in [2.24, 2.45) is 4.99 Å². The number of aliphatic imine (C=N–C) groups is 1. The Kier molecular flexibility index (Phi) is 8.26. The molecule has 0 aliphatic heterocycles. The van der Waals surface area contributed by atoms with Gasteiger partial charge in [-0.15, -0.1) is 35.3 Å². The lowest BCUT2D eigenvalue weighted by Crippen LogP contribution is -2.38. The fraction of sp³-hybridized carbons (Fsp3) is 0.286. The minimum atomic E-state index is 0. The zero-order valence-corrected chi connectivity index (χ0v) is 19.9. The summed E-state index contributed by atoms with van der Waals surface area (Å²) in [5.74, 6) is 2.38. The van der Waals surface area contributed by atoms with Crippen molar-refractivity contribution < 1.29 is 4.42 Å². The second-order valence-electron chi connectivity index (χ2n) is 6.50. The first-order chi connectivity index (χ1) is 14.3. The number of fused-ring (bicyclic) bond motifs is 1. The van der Waals surface area contributed by atoms with Gasteiger partial charge in [0.15, 0.2) is 16.7 Å². The van der Waals surface area contributed by atoms with Gasteiger partial charge in [0.2, 0.25) is 0 Å². The Morgan fingerprint density at radius 3 is 2.87 bits per heavy atom. The highest BCUT2D eigenvalue weighted by Crippen LogP contribution is 2.31. The lowest BCUT2D eigenvalue weighted by Gasteiger charge is -2.10. The van der Waals surface area contributed by atoms with Gasteiger partial charge >= 0.3 is 0 Å². The van der Waals surface area contributed by atoms with Crippen molar-refractivity contribution in [3.05, 3.63) is 60.6 Å². The van der Waals surface area contributed by atoms with E-state index in [9.17, 15) is 0 Å². The summed E-state index contributed by atoms with van der Waals surface area (Å²) in [7, 11) is 0. The van der Waals surface area contributed by atoms with E-state index in [2.05, 4.69) is 38.7 Å². The second kappa shape index (κ2) is 11.1. The Bertz CT molecular complexity index is 1040. The maximum atomic E-state index is 5.98. The molecule has 1 aromatic carbocycles. The van der Waals surface area contributed by atoms with Crippen LogP contribution in [0.3, 0.4) is 0 Å². The zero-order chi connectivity index (χ0) is 19.9. The summed E-state index contributed by atoms with van der Waals surface area (Å²) >= 11 is 1.64. The monoisotopic (exact) mass is 536 g/mol.